The fraction of sp³-hybridized carbons (Fsp3) is 0.750. The summed E-state index contributed by atoms with van der Waals surface area (Å²) in [6, 6.07) is -1.84. The monoisotopic (exact) mass is 288 g/mol. The highest BCUT2D eigenvalue weighted by atomic mass is 16.5. The number of hydrogen-bond donors (Lipinski definition) is 3. The molecule has 1 aliphatic rings. The highest BCUT2D eigenvalue weighted by Gasteiger charge is 2.42. The summed E-state index contributed by atoms with van der Waals surface area (Å²) in [7, 11) is 1.20. The summed E-state index contributed by atoms with van der Waals surface area (Å²) < 4.78 is 4.60. The summed E-state index contributed by atoms with van der Waals surface area (Å²) >= 11 is 0. The third kappa shape index (κ3) is 3.60. The minimum Gasteiger partial charge on any atom is -0.467 e. The molecule has 0 aliphatic carbocycles. The average molecular weight is 288 g/mol. The van der Waals surface area contributed by atoms with Crippen LogP contribution in [0.3, 0.4) is 0 Å². The van der Waals surface area contributed by atoms with Crippen LogP contribution in [0.2, 0.25) is 0 Å². The first-order valence-corrected chi connectivity index (χ1v) is 6.33. The maximum absolute atomic E-state index is 12.4. The number of carbonyl (C=O) groups excluding carboxylic acids is 2. The van der Waals surface area contributed by atoms with Gasteiger partial charge in [0.2, 0.25) is 5.91 Å². The first-order chi connectivity index (χ1) is 9.27. The smallest absolute Gasteiger partial charge is 0.405 e. The molecule has 0 aromatic rings. The number of methoxy groups -OCH3 is 1. The van der Waals surface area contributed by atoms with Gasteiger partial charge in [0.15, 0.2) is 0 Å². The number of aliphatic hydroxyl groups is 1. The number of ether oxygens (including phenoxy) is 1. The van der Waals surface area contributed by atoms with Crippen molar-refractivity contribution < 1.29 is 29.3 Å². The number of rotatable bonds is 4. The second kappa shape index (κ2) is 6.56. The van der Waals surface area contributed by atoms with E-state index in [1.54, 1.807) is 13.8 Å². The van der Waals surface area contributed by atoms with Crippen LogP contribution < -0.4 is 5.32 Å². The third-order valence-corrected chi connectivity index (χ3v) is 3.25. The number of carbonyl (C=O) groups is 3. The van der Waals surface area contributed by atoms with Gasteiger partial charge < -0.3 is 25.2 Å². The van der Waals surface area contributed by atoms with Crippen LogP contribution in [0.25, 0.3) is 0 Å². The predicted molar refractivity (Wildman–Crippen MR) is 67.9 cm³/mol. The Morgan fingerprint density at radius 2 is 1.95 bits per heavy atom. The van der Waals surface area contributed by atoms with E-state index < -0.39 is 36.2 Å². The van der Waals surface area contributed by atoms with E-state index in [1.807, 2.05) is 0 Å². The van der Waals surface area contributed by atoms with Crippen LogP contribution in [0.1, 0.15) is 20.3 Å². The zero-order valence-corrected chi connectivity index (χ0v) is 11.7. The minimum atomic E-state index is -1.31. The van der Waals surface area contributed by atoms with E-state index in [9.17, 15) is 19.5 Å². The fourth-order valence-electron chi connectivity index (χ4n) is 2.24. The van der Waals surface area contributed by atoms with Gasteiger partial charge in [0.25, 0.3) is 0 Å². The maximum atomic E-state index is 12.4. The third-order valence-electron chi connectivity index (χ3n) is 3.25. The Balaban J connectivity index is 2.91. The lowest BCUT2D eigenvalue weighted by atomic mass is 10.0. The van der Waals surface area contributed by atoms with E-state index in [0.717, 1.165) is 0 Å². The van der Waals surface area contributed by atoms with E-state index in [4.69, 9.17) is 5.11 Å². The van der Waals surface area contributed by atoms with E-state index in [0.29, 0.717) is 0 Å². The SMILES string of the molecule is COC(=O)[C@@H]1C[C@H](O)CN1C(=O)[C@@H](NC(=O)O)C(C)C. The Labute approximate surface area is 116 Å². The van der Waals surface area contributed by atoms with Crippen molar-refractivity contribution in [2.75, 3.05) is 13.7 Å². The fourth-order valence-corrected chi connectivity index (χ4v) is 2.24. The number of β-amino-alcohol motifs (C(OH)–C–C–N with tert-alkyl or cyclic N) is 1. The largest absolute Gasteiger partial charge is 0.467 e. The number of nitrogens with zero attached hydrogens (tertiary/aromatic N) is 1. The summed E-state index contributed by atoms with van der Waals surface area (Å²) in [5.74, 6) is -1.43. The van der Waals surface area contributed by atoms with E-state index >= 15 is 0 Å². The van der Waals surface area contributed by atoms with Gasteiger partial charge in [-0.1, -0.05) is 13.8 Å². The minimum absolute atomic E-state index is 0.0108. The van der Waals surface area contributed by atoms with Gasteiger partial charge in [0, 0.05) is 13.0 Å². The molecule has 20 heavy (non-hydrogen) atoms. The van der Waals surface area contributed by atoms with Crippen LogP contribution in [0.15, 0.2) is 0 Å². The lowest BCUT2D eigenvalue weighted by Gasteiger charge is -2.28. The van der Waals surface area contributed by atoms with Crippen molar-refractivity contribution in [2.24, 2.45) is 5.92 Å². The molecule has 8 heteroatoms. The molecular weight excluding hydrogens is 268 g/mol. The molecule has 114 valence electrons. The van der Waals surface area contributed by atoms with Crippen LogP contribution >= 0.6 is 0 Å². The predicted octanol–water partition coefficient (Wildman–Crippen LogP) is -0.587. The summed E-state index contributed by atoms with van der Waals surface area (Å²) in [6.07, 6.45) is -2.04. The normalized spacial score (nSPS) is 23.6. The molecule has 0 radical (unpaired) electrons. The molecule has 0 saturated carbocycles. The van der Waals surface area contributed by atoms with E-state index in [2.05, 4.69) is 10.1 Å². The Bertz CT molecular complexity index is 397. The summed E-state index contributed by atoms with van der Waals surface area (Å²) in [4.78, 5) is 35.9. The molecule has 8 nitrogen and oxygen atoms in total. The molecule has 1 saturated heterocycles. The molecular formula is C12H20N2O6. The number of amides is 2. The van der Waals surface area contributed by atoms with Gasteiger partial charge in [-0.3, -0.25) is 4.79 Å². The van der Waals surface area contributed by atoms with Gasteiger partial charge in [-0.2, -0.15) is 0 Å². The number of hydrogen-bond acceptors (Lipinski definition) is 5. The van der Waals surface area contributed by atoms with Gasteiger partial charge in [-0.05, 0) is 5.92 Å². The van der Waals surface area contributed by atoms with Crippen molar-refractivity contribution >= 4 is 18.0 Å². The molecule has 1 fully saturated rings. The number of esters is 1. The summed E-state index contributed by atoms with van der Waals surface area (Å²) in [5, 5.41) is 20.5. The molecule has 0 spiro atoms. The highest BCUT2D eigenvalue weighted by molar-refractivity contribution is 5.90. The van der Waals surface area contributed by atoms with Gasteiger partial charge in [0.05, 0.1) is 13.2 Å². The molecule has 3 atom stereocenters. The number of aliphatic hydroxyl groups excluding tert-OH is 1. The molecule has 0 aromatic carbocycles. The van der Waals surface area contributed by atoms with Crippen molar-refractivity contribution in [3.05, 3.63) is 0 Å². The van der Waals surface area contributed by atoms with Crippen molar-refractivity contribution in [1.82, 2.24) is 10.2 Å². The lowest BCUT2D eigenvalue weighted by molar-refractivity contribution is -0.151. The second-order valence-electron chi connectivity index (χ2n) is 5.09. The van der Waals surface area contributed by atoms with Gasteiger partial charge >= 0.3 is 12.1 Å². The molecule has 1 aliphatic heterocycles. The Hall–Kier alpha value is -1.83. The molecule has 0 bridgehead atoms. The topological polar surface area (TPSA) is 116 Å². The van der Waals surface area contributed by atoms with Crippen LogP contribution in [0, 0.1) is 5.92 Å². The van der Waals surface area contributed by atoms with E-state index in [1.165, 1.54) is 12.0 Å². The van der Waals surface area contributed by atoms with Crippen molar-refractivity contribution in [2.45, 2.75) is 38.5 Å². The number of likely N-dealkylation sites (tertiary alicyclic amines) is 1. The standard InChI is InChI=1S/C12H20N2O6/c1-6(2)9(13-12(18)19)10(16)14-5-7(15)4-8(14)11(17)20-3/h6-9,13,15H,4-5H2,1-3H3,(H,18,19)/t7-,8-,9-/m0/s1. The summed E-state index contributed by atoms with van der Waals surface area (Å²) in [5.41, 5.74) is 0. The number of nitrogens with one attached hydrogen (secondary N) is 1. The van der Waals surface area contributed by atoms with Crippen molar-refractivity contribution in [3.8, 4) is 0 Å². The maximum Gasteiger partial charge on any atom is 0.405 e. The molecule has 0 aromatic heterocycles. The van der Waals surface area contributed by atoms with Gasteiger partial charge in [-0.15, -0.1) is 0 Å². The van der Waals surface area contributed by atoms with Crippen LogP contribution in [0.4, 0.5) is 4.79 Å². The average Bonchev–Trinajstić information content (AvgIpc) is 2.75. The van der Waals surface area contributed by atoms with Gasteiger partial charge in [0.1, 0.15) is 12.1 Å². The van der Waals surface area contributed by atoms with E-state index in [-0.39, 0.29) is 18.9 Å². The summed E-state index contributed by atoms with van der Waals surface area (Å²) in [6.45, 7) is 3.37. The zero-order valence-electron chi connectivity index (χ0n) is 11.7. The Morgan fingerprint density at radius 3 is 2.40 bits per heavy atom. The molecule has 0 unspecified atom stereocenters. The molecule has 3 N–H and O–H groups in total. The first kappa shape index (κ1) is 16.2. The number of carboxylic acid groups (broad SMARTS) is 1. The quantitative estimate of drug-likeness (QED) is 0.596. The molecule has 1 rings (SSSR count). The van der Waals surface area contributed by atoms with Gasteiger partial charge in [-0.25, -0.2) is 9.59 Å². The Morgan fingerprint density at radius 1 is 1.35 bits per heavy atom. The van der Waals surface area contributed by atoms with Crippen LogP contribution in [0.5, 0.6) is 0 Å². The molecule has 1 heterocycles. The highest BCUT2D eigenvalue weighted by Crippen LogP contribution is 2.21. The van der Waals surface area contributed by atoms with Crippen molar-refractivity contribution in [3.63, 3.8) is 0 Å². The molecule has 2 amide bonds. The zero-order chi connectivity index (χ0) is 15.4. The first-order valence-electron chi connectivity index (χ1n) is 6.33. The van der Waals surface area contributed by atoms with Crippen LogP contribution in [-0.4, -0.2) is 64.9 Å². The Kier molecular flexibility index (Phi) is 5.32. The van der Waals surface area contributed by atoms with Crippen molar-refractivity contribution in [1.29, 1.82) is 0 Å². The van der Waals surface area contributed by atoms with Crippen LogP contribution in [-0.2, 0) is 14.3 Å². The lowest BCUT2D eigenvalue weighted by Crippen LogP contribution is -2.53. The second-order valence-corrected chi connectivity index (χ2v) is 5.09.